The van der Waals surface area contributed by atoms with Crippen LogP contribution in [0.5, 0.6) is 5.75 Å². The fraction of sp³-hybridized carbons (Fsp3) is 0.297. The second kappa shape index (κ2) is 16.5. The zero-order valence-corrected chi connectivity index (χ0v) is 28.8. The summed E-state index contributed by atoms with van der Waals surface area (Å²) >= 11 is 6.33. The van der Waals surface area contributed by atoms with E-state index in [0.717, 1.165) is 15.4 Å². The minimum atomic E-state index is -4.26. The SMILES string of the molecule is CCOc1ccccc1N(CC(=O)N(Cc1cccc(Cl)c1)[C@H](Cc1ccccc1)C(=O)N[C@@H](C)CC)S(=O)(=O)c1ccc(C)cc1. The average molecular weight is 676 g/mol. The van der Waals surface area contributed by atoms with Gasteiger partial charge >= 0.3 is 0 Å². The van der Waals surface area contributed by atoms with E-state index in [2.05, 4.69) is 5.32 Å². The van der Waals surface area contributed by atoms with Crippen LogP contribution in [0, 0.1) is 6.92 Å². The lowest BCUT2D eigenvalue weighted by Gasteiger charge is -2.34. The molecule has 0 unspecified atom stereocenters. The van der Waals surface area contributed by atoms with Gasteiger partial charge in [-0.15, -0.1) is 0 Å². The number of hydrogen-bond acceptors (Lipinski definition) is 5. The van der Waals surface area contributed by atoms with E-state index in [0.29, 0.717) is 29.4 Å². The molecule has 2 atom stereocenters. The third-order valence-corrected chi connectivity index (χ3v) is 9.84. The maximum atomic E-state index is 14.7. The Labute approximate surface area is 283 Å². The van der Waals surface area contributed by atoms with Crippen LogP contribution in [0.4, 0.5) is 5.69 Å². The molecule has 4 rings (SSSR count). The molecule has 0 radical (unpaired) electrons. The molecule has 4 aromatic carbocycles. The van der Waals surface area contributed by atoms with Crippen molar-refractivity contribution in [3.63, 3.8) is 0 Å². The molecule has 0 bridgehead atoms. The number of amides is 2. The summed E-state index contributed by atoms with van der Waals surface area (Å²) in [6, 6.07) is 28.6. The zero-order valence-electron chi connectivity index (χ0n) is 27.2. The lowest BCUT2D eigenvalue weighted by Crippen LogP contribution is -2.54. The van der Waals surface area contributed by atoms with Gasteiger partial charge in [0.15, 0.2) is 0 Å². The number of nitrogens with one attached hydrogen (secondary N) is 1. The Balaban J connectivity index is 1.84. The molecule has 0 aromatic heterocycles. The minimum absolute atomic E-state index is 0.0242. The number of nitrogens with zero attached hydrogens (tertiary/aromatic N) is 2. The summed E-state index contributed by atoms with van der Waals surface area (Å²) in [6.07, 6.45) is 0.915. The molecule has 1 N–H and O–H groups in total. The van der Waals surface area contributed by atoms with E-state index in [1.807, 2.05) is 57.2 Å². The van der Waals surface area contributed by atoms with Crippen molar-refractivity contribution in [2.24, 2.45) is 0 Å². The largest absolute Gasteiger partial charge is 0.492 e. The molecule has 0 aliphatic heterocycles. The number of rotatable bonds is 15. The molecule has 0 aliphatic rings. The minimum Gasteiger partial charge on any atom is -0.492 e. The summed E-state index contributed by atoms with van der Waals surface area (Å²) in [7, 11) is -4.26. The van der Waals surface area contributed by atoms with Crippen LogP contribution >= 0.6 is 11.6 Å². The van der Waals surface area contributed by atoms with Gasteiger partial charge in [0.1, 0.15) is 18.3 Å². The van der Waals surface area contributed by atoms with Crippen molar-refractivity contribution in [3.05, 3.63) is 125 Å². The molecular formula is C37H42ClN3O5S. The highest BCUT2D eigenvalue weighted by Crippen LogP contribution is 2.33. The van der Waals surface area contributed by atoms with Gasteiger partial charge in [-0.05, 0) is 74.7 Å². The first-order valence-electron chi connectivity index (χ1n) is 15.7. The Kier molecular flexibility index (Phi) is 12.4. The standard InChI is InChI=1S/C37H42ClN3O5S/c1-5-28(4)39-37(43)34(24-29-13-8-7-9-14-29)40(25-30-15-12-16-31(38)23-30)36(42)26-41(33-17-10-11-18-35(33)46-6-2)47(44,45)32-21-19-27(3)20-22-32/h7-23,28,34H,5-6,24-26H2,1-4H3,(H,39,43)/t28-,34+/m0/s1. The quantitative estimate of drug-likeness (QED) is 0.150. The first-order valence-corrected chi connectivity index (χ1v) is 17.5. The Morgan fingerprint density at radius 1 is 0.872 bits per heavy atom. The molecule has 0 saturated heterocycles. The normalized spacial score (nSPS) is 12.5. The molecule has 0 aliphatic carbocycles. The van der Waals surface area contributed by atoms with Crippen molar-refractivity contribution in [2.45, 2.75) is 64.1 Å². The van der Waals surface area contributed by atoms with E-state index in [1.54, 1.807) is 61.5 Å². The first-order chi connectivity index (χ1) is 22.5. The molecule has 0 heterocycles. The van der Waals surface area contributed by atoms with Crippen molar-refractivity contribution >= 4 is 39.1 Å². The average Bonchev–Trinajstić information content (AvgIpc) is 3.06. The fourth-order valence-corrected chi connectivity index (χ4v) is 6.76. The molecule has 4 aromatic rings. The summed E-state index contributed by atoms with van der Waals surface area (Å²) in [5.74, 6) is -0.580. The molecule has 0 fully saturated rings. The Hall–Kier alpha value is -4.34. The van der Waals surface area contributed by atoms with E-state index in [1.165, 1.54) is 17.0 Å². The molecule has 0 saturated carbocycles. The van der Waals surface area contributed by atoms with Crippen LogP contribution in [0.15, 0.2) is 108 Å². The van der Waals surface area contributed by atoms with Gasteiger partial charge < -0.3 is 15.0 Å². The highest BCUT2D eigenvalue weighted by atomic mass is 35.5. The zero-order chi connectivity index (χ0) is 34.0. The van der Waals surface area contributed by atoms with Crippen LogP contribution in [0.3, 0.4) is 0 Å². The third kappa shape index (κ3) is 9.36. The van der Waals surface area contributed by atoms with Gasteiger partial charge in [-0.3, -0.25) is 13.9 Å². The topological polar surface area (TPSA) is 96.0 Å². The number of anilines is 1. The maximum Gasteiger partial charge on any atom is 0.264 e. The highest BCUT2D eigenvalue weighted by Gasteiger charge is 2.35. The number of benzene rings is 4. The fourth-order valence-electron chi connectivity index (χ4n) is 5.12. The lowest BCUT2D eigenvalue weighted by atomic mass is 10.0. The van der Waals surface area contributed by atoms with Crippen LogP contribution in [-0.4, -0.2) is 50.4 Å². The van der Waals surface area contributed by atoms with Crippen molar-refractivity contribution in [1.29, 1.82) is 0 Å². The van der Waals surface area contributed by atoms with Gasteiger partial charge in [0.05, 0.1) is 17.2 Å². The Morgan fingerprint density at radius 3 is 2.19 bits per heavy atom. The second-order valence-electron chi connectivity index (χ2n) is 11.4. The van der Waals surface area contributed by atoms with Crippen molar-refractivity contribution < 1.29 is 22.7 Å². The van der Waals surface area contributed by atoms with Crippen molar-refractivity contribution in [3.8, 4) is 5.75 Å². The monoisotopic (exact) mass is 675 g/mol. The summed E-state index contributed by atoms with van der Waals surface area (Å²) < 4.78 is 35.6. The van der Waals surface area contributed by atoms with E-state index >= 15 is 0 Å². The van der Waals surface area contributed by atoms with E-state index in [4.69, 9.17) is 16.3 Å². The van der Waals surface area contributed by atoms with Gasteiger partial charge in [0, 0.05) is 24.0 Å². The van der Waals surface area contributed by atoms with Gasteiger partial charge in [0.2, 0.25) is 11.8 Å². The Morgan fingerprint density at radius 2 is 1.53 bits per heavy atom. The van der Waals surface area contributed by atoms with Crippen LogP contribution in [0.1, 0.15) is 43.9 Å². The summed E-state index contributed by atoms with van der Waals surface area (Å²) in [5.41, 5.74) is 2.66. The molecule has 10 heteroatoms. The highest BCUT2D eigenvalue weighted by molar-refractivity contribution is 7.92. The number of halogens is 1. The predicted molar refractivity (Wildman–Crippen MR) is 187 cm³/mol. The smallest absolute Gasteiger partial charge is 0.264 e. The van der Waals surface area contributed by atoms with Crippen LogP contribution in [0.25, 0.3) is 0 Å². The summed E-state index contributed by atoms with van der Waals surface area (Å²) in [6.45, 7) is 7.28. The number of ether oxygens (including phenoxy) is 1. The lowest BCUT2D eigenvalue weighted by molar-refractivity contribution is -0.140. The number of carbonyl (C=O) groups is 2. The first kappa shape index (κ1) is 35.5. The van der Waals surface area contributed by atoms with Gasteiger partial charge in [-0.1, -0.05) is 90.8 Å². The van der Waals surface area contributed by atoms with E-state index in [-0.39, 0.29) is 35.5 Å². The van der Waals surface area contributed by atoms with E-state index < -0.39 is 28.5 Å². The van der Waals surface area contributed by atoms with Crippen molar-refractivity contribution in [1.82, 2.24) is 10.2 Å². The van der Waals surface area contributed by atoms with Gasteiger partial charge in [-0.2, -0.15) is 0 Å². The maximum absolute atomic E-state index is 14.7. The molecular weight excluding hydrogens is 634 g/mol. The van der Waals surface area contributed by atoms with Crippen LogP contribution in [-0.2, 0) is 32.6 Å². The van der Waals surface area contributed by atoms with E-state index in [9.17, 15) is 18.0 Å². The molecule has 47 heavy (non-hydrogen) atoms. The summed E-state index contributed by atoms with van der Waals surface area (Å²) in [4.78, 5) is 30.1. The third-order valence-electron chi connectivity index (χ3n) is 7.84. The summed E-state index contributed by atoms with van der Waals surface area (Å²) in [5, 5.41) is 3.52. The number of aryl methyl sites for hydroxylation is 1. The molecule has 8 nitrogen and oxygen atoms in total. The number of para-hydroxylation sites is 2. The second-order valence-corrected chi connectivity index (χ2v) is 13.7. The number of hydrogen-bond donors (Lipinski definition) is 1. The number of sulfonamides is 1. The van der Waals surface area contributed by atoms with Crippen LogP contribution < -0.4 is 14.4 Å². The Bertz CT molecular complexity index is 1750. The predicted octanol–water partition coefficient (Wildman–Crippen LogP) is 6.80. The van der Waals surface area contributed by atoms with Crippen LogP contribution in [0.2, 0.25) is 5.02 Å². The van der Waals surface area contributed by atoms with Crippen molar-refractivity contribution in [2.75, 3.05) is 17.5 Å². The van der Waals surface area contributed by atoms with Gasteiger partial charge in [-0.25, -0.2) is 8.42 Å². The molecule has 248 valence electrons. The van der Waals surface area contributed by atoms with Gasteiger partial charge in [0.25, 0.3) is 10.0 Å². The molecule has 2 amide bonds. The number of carbonyl (C=O) groups excluding carboxylic acids is 2. The molecule has 0 spiro atoms.